The van der Waals surface area contributed by atoms with E-state index >= 15 is 0 Å². The van der Waals surface area contributed by atoms with Crippen LogP contribution >= 0.6 is 0 Å². The van der Waals surface area contributed by atoms with Gasteiger partial charge in [-0.05, 0) is 42.5 Å². The molecule has 166 valence electrons. The second-order valence-electron chi connectivity index (χ2n) is 7.19. The maximum atomic E-state index is 12.6. The van der Waals surface area contributed by atoms with Gasteiger partial charge in [-0.1, -0.05) is 36.4 Å². The topological polar surface area (TPSA) is 85.4 Å². The van der Waals surface area contributed by atoms with Crippen molar-refractivity contribution in [2.45, 2.75) is 0 Å². The number of amides is 1. The van der Waals surface area contributed by atoms with Gasteiger partial charge in [0.25, 0.3) is 0 Å². The standard InChI is InChI=1S/C26H24N4O3/c1-32-21-13-11-19(12-14-21)24-16-23(18-7-4-3-5-8-18)28-26(29-24)30-25(31)17-27-20-9-6-10-22(15-20)33-2/h3-16,27H,17H2,1-2H3,(H,28,29,30,31). The van der Waals surface area contributed by atoms with Crippen molar-refractivity contribution >= 4 is 17.5 Å². The summed E-state index contributed by atoms with van der Waals surface area (Å²) in [6.07, 6.45) is 0. The minimum absolute atomic E-state index is 0.0595. The number of hydrogen-bond acceptors (Lipinski definition) is 6. The van der Waals surface area contributed by atoms with E-state index in [0.717, 1.165) is 22.6 Å². The Bertz CT molecular complexity index is 1230. The maximum absolute atomic E-state index is 12.6. The molecule has 0 unspecified atom stereocenters. The van der Waals surface area contributed by atoms with Crippen LogP contribution in [0.2, 0.25) is 0 Å². The van der Waals surface area contributed by atoms with Gasteiger partial charge in [-0.3, -0.25) is 10.1 Å². The summed E-state index contributed by atoms with van der Waals surface area (Å²) in [7, 11) is 3.23. The molecular weight excluding hydrogens is 416 g/mol. The van der Waals surface area contributed by atoms with Crippen molar-refractivity contribution in [2.75, 3.05) is 31.4 Å². The smallest absolute Gasteiger partial charge is 0.246 e. The molecule has 1 heterocycles. The minimum atomic E-state index is -0.260. The molecular formula is C26H24N4O3. The molecule has 33 heavy (non-hydrogen) atoms. The van der Waals surface area contributed by atoms with Gasteiger partial charge in [0.05, 0.1) is 32.2 Å². The highest BCUT2D eigenvalue weighted by Crippen LogP contribution is 2.26. The molecule has 1 aromatic heterocycles. The van der Waals surface area contributed by atoms with Gasteiger partial charge in [0.2, 0.25) is 11.9 Å². The molecule has 0 bridgehead atoms. The molecule has 0 spiro atoms. The fourth-order valence-corrected chi connectivity index (χ4v) is 3.25. The summed E-state index contributed by atoms with van der Waals surface area (Å²) < 4.78 is 10.5. The largest absolute Gasteiger partial charge is 0.497 e. The van der Waals surface area contributed by atoms with Gasteiger partial charge in [-0.15, -0.1) is 0 Å². The highest BCUT2D eigenvalue weighted by atomic mass is 16.5. The monoisotopic (exact) mass is 440 g/mol. The Labute approximate surface area is 192 Å². The van der Waals surface area contributed by atoms with Crippen LogP contribution in [0.15, 0.2) is 84.9 Å². The summed E-state index contributed by atoms with van der Waals surface area (Å²) in [5.74, 6) is 1.44. The second-order valence-corrected chi connectivity index (χ2v) is 7.19. The number of aromatic nitrogens is 2. The predicted octanol–water partition coefficient (Wildman–Crippen LogP) is 4.88. The quantitative estimate of drug-likeness (QED) is 0.406. The van der Waals surface area contributed by atoms with Gasteiger partial charge in [-0.25, -0.2) is 9.97 Å². The van der Waals surface area contributed by atoms with Crippen molar-refractivity contribution < 1.29 is 14.3 Å². The number of anilines is 2. The SMILES string of the molecule is COc1ccc(-c2cc(-c3ccccc3)nc(NC(=O)CNc3cccc(OC)c3)n2)cc1. The van der Waals surface area contributed by atoms with Crippen LogP contribution < -0.4 is 20.1 Å². The van der Waals surface area contributed by atoms with Crippen LogP contribution in [0.5, 0.6) is 11.5 Å². The van der Waals surface area contributed by atoms with Crippen LogP contribution in [0.25, 0.3) is 22.5 Å². The van der Waals surface area contributed by atoms with Crippen molar-refractivity contribution in [1.82, 2.24) is 9.97 Å². The van der Waals surface area contributed by atoms with Crippen molar-refractivity contribution in [3.05, 3.63) is 84.9 Å². The number of ether oxygens (including phenoxy) is 2. The zero-order valence-electron chi connectivity index (χ0n) is 18.4. The van der Waals surface area contributed by atoms with Crippen LogP contribution in [0.4, 0.5) is 11.6 Å². The molecule has 2 N–H and O–H groups in total. The Morgan fingerprint density at radius 1 is 0.758 bits per heavy atom. The first-order chi connectivity index (χ1) is 16.1. The van der Waals surface area contributed by atoms with Crippen LogP contribution in [0.1, 0.15) is 0 Å². The summed E-state index contributed by atoms with van der Waals surface area (Å²) in [5, 5.41) is 5.89. The molecule has 0 saturated heterocycles. The molecule has 0 aliphatic heterocycles. The fraction of sp³-hybridized carbons (Fsp3) is 0.115. The van der Waals surface area contributed by atoms with Gasteiger partial charge < -0.3 is 14.8 Å². The highest BCUT2D eigenvalue weighted by Gasteiger charge is 2.11. The number of hydrogen-bond donors (Lipinski definition) is 2. The van der Waals surface area contributed by atoms with E-state index in [1.165, 1.54) is 0 Å². The molecule has 0 atom stereocenters. The van der Waals surface area contributed by atoms with E-state index in [-0.39, 0.29) is 18.4 Å². The molecule has 0 fully saturated rings. The van der Waals surface area contributed by atoms with Crippen LogP contribution in [0.3, 0.4) is 0 Å². The lowest BCUT2D eigenvalue weighted by molar-refractivity contribution is -0.114. The molecule has 7 heteroatoms. The predicted molar refractivity (Wildman–Crippen MR) is 130 cm³/mol. The van der Waals surface area contributed by atoms with Gasteiger partial charge in [0, 0.05) is 22.9 Å². The maximum Gasteiger partial charge on any atom is 0.246 e. The fourth-order valence-electron chi connectivity index (χ4n) is 3.25. The molecule has 0 aliphatic carbocycles. The van der Waals surface area contributed by atoms with Crippen molar-refractivity contribution in [3.8, 4) is 34.0 Å². The summed E-state index contributed by atoms with van der Waals surface area (Å²) >= 11 is 0. The Balaban J connectivity index is 1.57. The molecule has 1 amide bonds. The summed E-state index contributed by atoms with van der Waals surface area (Å²) in [4.78, 5) is 21.8. The zero-order valence-corrected chi connectivity index (χ0v) is 18.4. The Morgan fingerprint density at radius 3 is 2.09 bits per heavy atom. The van der Waals surface area contributed by atoms with Crippen LogP contribution in [-0.4, -0.2) is 36.6 Å². The molecule has 4 rings (SSSR count). The number of rotatable bonds is 8. The van der Waals surface area contributed by atoms with E-state index < -0.39 is 0 Å². The Kier molecular flexibility index (Phi) is 6.80. The molecule has 0 aliphatic rings. The highest BCUT2D eigenvalue weighted by molar-refractivity contribution is 5.92. The minimum Gasteiger partial charge on any atom is -0.497 e. The van der Waals surface area contributed by atoms with E-state index in [1.54, 1.807) is 14.2 Å². The number of benzene rings is 3. The first kappa shape index (κ1) is 21.8. The van der Waals surface area contributed by atoms with Crippen molar-refractivity contribution in [1.29, 1.82) is 0 Å². The third-order valence-electron chi connectivity index (χ3n) is 4.96. The Morgan fingerprint density at radius 2 is 1.42 bits per heavy atom. The molecule has 0 radical (unpaired) electrons. The number of carbonyl (C=O) groups excluding carboxylic acids is 1. The van der Waals surface area contributed by atoms with E-state index in [2.05, 4.69) is 20.6 Å². The van der Waals surface area contributed by atoms with Crippen LogP contribution in [-0.2, 0) is 4.79 Å². The average Bonchev–Trinajstić information content (AvgIpc) is 2.88. The zero-order chi connectivity index (χ0) is 23.0. The third kappa shape index (κ3) is 5.65. The first-order valence-corrected chi connectivity index (χ1v) is 10.4. The van der Waals surface area contributed by atoms with Gasteiger partial charge >= 0.3 is 0 Å². The number of nitrogens with zero attached hydrogens (tertiary/aromatic N) is 2. The van der Waals surface area contributed by atoms with Crippen LogP contribution in [0, 0.1) is 0 Å². The van der Waals surface area contributed by atoms with Gasteiger partial charge in [0.15, 0.2) is 0 Å². The summed E-state index contributed by atoms with van der Waals surface area (Å²) in [6, 6.07) is 26.6. The van der Waals surface area contributed by atoms with Crippen molar-refractivity contribution in [2.24, 2.45) is 0 Å². The molecule has 4 aromatic rings. The van der Waals surface area contributed by atoms with E-state index in [4.69, 9.17) is 9.47 Å². The lowest BCUT2D eigenvalue weighted by Crippen LogP contribution is -2.23. The third-order valence-corrected chi connectivity index (χ3v) is 4.96. The second kappa shape index (κ2) is 10.3. The normalized spacial score (nSPS) is 10.4. The number of methoxy groups -OCH3 is 2. The summed E-state index contributed by atoms with van der Waals surface area (Å²) in [5.41, 5.74) is 4.01. The first-order valence-electron chi connectivity index (χ1n) is 10.4. The van der Waals surface area contributed by atoms with Gasteiger partial charge in [0.1, 0.15) is 11.5 Å². The van der Waals surface area contributed by atoms with E-state index in [0.29, 0.717) is 17.1 Å². The number of nitrogens with one attached hydrogen (secondary N) is 2. The number of carbonyl (C=O) groups is 1. The summed E-state index contributed by atoms with van der Waals surface area (Å²) in [6.45, 7) is 0.0595. The van der Waals surface area contributed by atoms with Gasteiger partial charge in [-0.2, -0.15) is 0 Å². The Hall–Kier alpha value is -4.39. The lowest BCUT2D eigenvalue weighted by Gasteiger charge is -2.11. The van der Waals surface area contributed by atoms with E-state index in [9.17, 15) is 4.79 Å². The molecule has 3 aromatic carbocycles. The average molecular weight is 441 g/mol. The van der Waals surface area contributed by atoms with Crippen molar-refractivity contribution in [3.63, 3.8) is 0 Å². The molecule has 7 nitrogen and oxygen atoms in total. The lowest BCUT2D eigenvalue weighted by atomic mass is 10.1. The molecule has 0 saturated carbocycles. The van der Waals surface area contributed by atoms with E-state index in [1.807, 2.05) is 84.9 Å².